The summed E-state index contributed by atoms with van der Waals surface area (Å²) in [6, 6.07) is 7.33. The van der Waals surface area contributed by atoms with Gasteiger partial charge in [-0.25, -0.2) is 0 Å². The molecular weight excluding hydrogens is 300 g/mol. The lowest BCUT2D eigenvalue weighted by atomic mass is 10.1. The lowest BCUT2D eigenvalue weighted by Gasteiger charge is -2.30. The highest BCUT2D eigenvalue weighted by Crippen LogP contribution is 2.30. The number of nitrogens with two attached hydrogens (primary N) is 1. The van der Waals surface area contributed by atoms with Crippen LogP contribution in [0.4, 0.5) is 5.69 Å². The summed E-state index contributed by atoms with van der Waals surface area (Å²) in [5.41, 5.74) is 8.43. The first-order chi connectivity index (χ1) is 9.09. The number of hydrogen-bond acceptors (Lipinski definition) is 2. The third-order valence-electron chi connectivity index (χ3n) is 4.25. The first-order valence-electron chi connectivity index (χ1n) is 7.37. The van der Waals surface area contributed by atoms with Gasteiger partial charge in [0, 0.05) is 29.3 Å². The Morgan fingerprint density at radius 3 is 2.37 bits per heavy atom. The van der Waals surface area contributed by atoms with Crippen LogP contribution in [0.3, 0.4) is 0 Å². The van der Waals surface area contributed by atoms with Crippen molar-refractivity contribution in [3.63, 3.8) is 0 Å². The van der Waals surface area contributed by atoms with Gasteiger partial charge in [0.25, 0.3) is 0 Å². The van der Waals surface area contributed by atoms with Crippen LogP contribution >= 0.6 is 15.9 Å². The summed E-state index contributed by atoms with van der Waals surface area (Å²) in [7, 11) is 2.23. The van der Waals surface area contributed by atoms with Crippen LogP contribution in [0.5, 0.6) is 0 Å². The molecule has 2 N–H and O–H groups in total. The third-order valence-corrected chi connectivity index (χ3v) is 4.94. The molecule has 3 heteroatoms. The molecule has 0 amide bonds. The van der Waals surface area contributed by atoms with Gasteiger partial charge in [0.15, 0.2) is 0 Å². The molecule has 19 heavy (non-hydrogen) atoms. The minimum absolute atomic E-state index is 0.0756. The number of halogens is 1. The van der Waals surface area contributed by atoms with Crippen molar-refractivity contribution in [2.45, 2.75) is 57.5 Å². The van der Waals surface area contributed by atoms with Crippen molar-refractivity contribution >= 4 is 21.6 Å². The van der Waals surface area contributed by atoms with E-state index >= 15 is 0 Å². The maximum Gasteiger partial charge on any atom is 0.0377 e. The van der Waals surface area contributed by atoms with Crippen molar-refractivity contribution in [3.05, 3.63) is 28.2 Å². The van der Waals surface area contributed by atoms with E-state index in [-0.39, 0.29) is 6.04 Å². The predicted octanol–water partition coefficient (Wildman–Crippen LogP) is 4.63. The Morgan fingerprint density at radius 2 is 1.84 bits per heavy atom. The molecule has 1 atom stereocenters. The zero-order valence-corrected chi connectivity index (χ0v) is 13.6. The molecule has 0 saturated heterocycles. The van der Waals surface area contributed by atoms with E-state index in [1.165, 1.54) is 49.8 Å². The molecule has 0 bridgehead atoms. The summed E-state index contributed by atoms with van der Waals surface area (Å²) in [5, 5.41) is 0. The maximum absolute atomic E-state index is 5.96. The first kappa shape index (κ1) is 14.9. The molecule has 2 nitrogen and oxygen atoms in total. The van der Waals surface area contributed by atoms with Gasteiger partial charge in [0.1, 0.15) is 0 Å². The van der Waals surface area contributed by atoms with E-state index in [0.29, 0.717) is 6.04 Å². The second-order valence-electron chi connectivity index (χ2n) is 5.75. The molecule has 1 saturated carbocycles. The first-order valence-corrected chi connectivity index (χ1v) is 8.16. The van der Waals surface area contributed by atoms with Gasteiger partial charge in [-0.05, 0) is 37.5 Å². The van der Waals surface area contributed by atoms with E-state index in [4.69, 9.17) is 5.73 Å². The van der Waals surface area contributed by atoms with E-state index in [0.717, 1.165) is 4.47 Å². The fraction of sp³-hybridized carbons (Fsp3) is 0.625. The molecule has 1 unspecified atom stereocenters. The number of benzene rings is 1. The minimum atomic E-state index is 0.0756. The van der Waals surface area contributed by atoms with E-state index in [1.807, 2.05) is 6.92 Å². The minimum Gasteiger partial charge on any atom is -0.372 e. The Labute approximate surface area is 125 Å². The Bertz CT molecular complexity index is 409. The van der Waals surface area contributed by atoms with Gasteiger partial charge in [-0.3, -0.25) is 0 Å². The summed E-state index contributed by atoms with van der Waals surface area (Å²) in [4.78, 5) is 2.45. The summed E-state index contributed by atoms with van der Waals surface area (Å²) < 4.78 is 1.13. The molecule has 0 radical (unpaired) electrons. The van der Waals surface area contributed by atoms with E-state index < -0.39 is 0 Å². The topological polar surface area (TPSA) is 29.3 Å². The van der Waals surface area contributed by atoms with Crippen molar-refractivity contribution < 1.29 is 0 Å². The van der Waals surface area contributed by atoms with Gasteiger partial charge in [-0.2, -0.15) is 0 Å². The summed E-state index contributed by atoms with van der Waals surface area (Å²) >= 11 is 3.65. The fourth-order valence-electron chi connectivity index (χ4n) is 2.96. The van der Waals surface area contributed by atoms with E-state index in [1.54, 1.807) is 0 Å². The monoisotopic (exact) mass is 324 g/mol. The van der Waals surface area contributed by atoms with Crippen LogP contribution < -0.4 is 10.6 Å². The number of hydrogen-bond donors (Lipinski definition) is 1. The highest BCUT2D eigenvalue weighted by molar-refractivity contribution is 9.10. The van der Waals surface area contributed by atoms with Crippen molar-refractivity contribution in [3.8, 4) is 0 Å². The summed E-state index contributed by atoms with van der Waals surface area (Å²) in [5.74, 6) is 0. The average molecular weight is 325 g/mol. The van der Waals surface area contributed by atoms with Gasteiger partial charge in [0.2, 0.25) is 0 Å². The number of nitrogens with zero attached hydrogens (tertiary/aromatic N) is 1. The zero-order chi connectivity index (χ0) is 13.8. The molecular formula is C16H25BrN2. The highest BCUT2D eigenvalue weighted by Gasteiger charge is 2.18. The van der Waals surface area contributed by atoms with Gasteiger partial charge in [0.05, 0.1) is 0 Å². The quantitative estimate of drug-likeness (QED) is 0.821. The zero-order valence-electron chi connectivity index (χ0n) is 12.0. The molecule has 1 aliphatic rings. The SMILES string of the molecule is CC(N)c1ccc(N(C)C2CCCCCC2)cc1Br. The second kappa shape index (κ2) is 6.76. The van der Waals surface area contributed by atoms with Crippen LogP contribution in [-0.2, 0) is 0 Å². The van der Waals surface area contributed by atoms with Crippen LogP contribution in [0.15, 0.2) is 22.7 Å². The van der Waals surface area contributed by atoms with Crippen molar-refractivity contribution in [2.24, 2.45) is 5.73 Å². The number of anilines is 1. The standard InChI is InChI=1S/C16H25BrN2/c1-12(18)15-10-9-14(11-16(15)17)19(2)13-7-5-3-4-6-8-13/h9-13H,3-8,18H2,1-2H3. The average Bonchev–Trinajstić information content (AvgIpc) is 2.66. The van der Waals surface area contributed by atoms with Gasteiger partial charge >= 0.3 is 0 Å². The Balaban J connectivity index is 2.14. The Hall–Kier alpha value is -0.540. The van der Waals surface area contributed by atoms with Gasteiger partial charge in [-0.1, -0.05) is 47.7 Å². The second-order valence-corrected chi connectivity index (χ2v) is 6.61. The third kappa shape index (κ3) is 3.73. The van der Waals surface area contributed by atoms with Crippen LogP contribution in [-0.4, -0.2) is 13.1 Å². The molecule has 0 spiro atoms. The summed E-state index contributed by atoms with van der Waals surface area (Å²) in [6.07, 6.45) is 8.18. The smallest absolute Gasteiger partial charge is 0.0377 e. The predicted molar refractivity (Wildman–Crippen MR) is 86.6 cm³/mol. The molecule has 1 aliphatic carbocycles. The molecule has 0 aromatic heterocycles. The lowest BCUT2D eigenvalue weighted by Crippen LogP contribution is -2.31. The lowest BCUT2D eigenvalue weighted by molar-refractivity contribution is 0.553. The molecule has 1 aromatic rings. The molecule has 1 aromatic carbocycles. The maximum atomic E-state index is 5.96. The van der Waals surface area contributed by atoms with Crippen molar-refractivity contribution in [2.75, 3.05) is 11.9 Å². The van der Waals surface area contributed by atoms with Crippen LogP contribution in [0, 0.1) is 0 Å². The Kier molecular flexibility index (Phi) is 5.28. The largest absolute Gasteiger partial charge is 0.372 e. The van der Waals surface area contributed by atoms with Gasteiger partial charge < -0.3 is 10.6 Å². The van der Waals surface area contributed by atoms with Crippen LogP contribution in [0.25, 0.3) is 0 Å². The van der Waals surface area contributed by atoms with E-state index in [2.05, 4.69) is 46.1 Å². The summed E-state index contributed by atoms with van der Waals surface area (Å²) in [6.45, 7) is 2.02. The molecule has 106 valence electrons. The van der Waals surface area contributed by atoms with E-state index in [9.17, 15) is 0 Å². The number of rotatable bonds is 3. The molecule has 1 fully saturated rings. The molecule has 0 heterocycles. The molecule has 2 rings (SSSR count). The normalized spacial score (nSPS) is 18.9. The van der Waals surface area contributed by atoms with Crippen molar-refractivity contribution in [1.82, 2.24) is 0 Å². The van der Waals surface area contributed by atoms with Crippen LogP contribution in [0.1, 0.15) is 57.1 Å². The van der Waals surface area contributed by atoms with Crippen molar-refractivity contribution in [1.29, 1.82) is 0 Å². The fourth-order valence-corrected chi connectivity index (χ4v) is 3.69. The van der Waals surface area contributed by atoms with Crippen LogP contribution in [0.2, 0.25) is 0 Å². The highest BCUT2D eigenvalue weighted by atomic mass is 79.9. The molecule has 0 aliphatic heterocycles. The Morgan fingerprint density at radius 1 is 1.21 bits per heavy atom. The van der Waals surface area contributed by atoms with Gasteiger partial charge in [-0.15, -0.1) is 0 Å².